The normalized spacial score (nSPS) is 11.1. The number of benzene rings is 1. The molecule has 3 aromatic rings. The predicted octanol–water partition coefficient (Wildman–Crippen LogP) is 2.36. The highest BCUT2D eigenvalue weighted by molar-refractivity contribution is 7.97. The number of hydrogen-bond donors (Lipinski definition) is 3. The largest absolute Gasteiger partial charge is 0.383 e. The molecule has 0 amide bonds. The lowest BCUT2D eigenvalue weighted by Crippen LogP contribution is -1.94. The van der Waals surface area contributed by atoms with Crippen molar-refractivity contribution in [2.45, 2.75) is 6.42 Å². The number of H-pyrrole nitrogens is 1. The Hall–Kier alpha value is -2.05. The van der Waals surface area contributed by atoms with Gasteiger partial charge < -0.3 is 10.7 Å². The van der Waals surface area contributed by atoms with Crippen molar-refractivity contribution in [3.63, 3.8) is 0 Å². The Morgan fingerprint density at radius 2 is 2.15 bits per heavy atom. The van der Waals surface area contributed by atoms with Crippen molar-refractivity contribution < 1.29 is 0 Å². The lowest BCUT2D eigenvalue weighted by Gasteiger charge is -2.05. The van der Waals surface area contributed by atoms with Gasteiger partial charge in [0, 0.05) is 17.5 Å². The van der Waals surface area contributed by atoms with Crippen LogP contribution in [-0.2, 0) is 6.42 Å². The van der Waals surface area contributed by atoms with Crippen LogP contribution in [-0.4, -0.2) is 20.7 Å². The number of aromatic amines is 1. The van der Waals surface area contributed by atoms with Crippen molar-refractivity contribution in [3.05, 3.63) is 42.4 Å². The molecule has 5 nitrogen and oxygen atoms in total. The highest BCUT2D eigenvalue weighted by Gasteiger charge is 2.10. The molecule has 5 N–H and O–H groups in total. The first-order valence-corrected chi connectivity index (χ1v) is 7.33. The molecule has 0 spiro atoms. The highest BCUT2D eigenvalue weighted by Crippen LogP contribution is 2.30. The zero-order valence-electron chi connectivity index (χ0n) is 10.8. The van der Waals surface area contributed by atoms with Crippen molar-refractivity contribution in [1.29, 1.82) is 0 Å². The number of aromatic nitrogens is 3. The van der Waals surface area contributed by atoms with Gasteiger partial charge in [-0.25, -0.2) is 9.97 Å². The monoisotopic (exact) mass is 285 g/mol. The number of nitrogen functional groups attached to an aromatic ring is 1. The van der Waals surface area contributed by atoms with Crippen LogP contribution < -0.4 is 10.9 Å². The molecule has 0 unspecified atom stereocenters. The molecular weight excluding hydrogens is 270 g/mol. The summed E-state index contributed by atoms with van der Waals surface area (Å²) in [6, 6.07) is 8.37. The van der Waals surface area contributed by atoms with Gasteiger partial charge in [0.1, 0.15) is 17.8 Å². The number of nitrogens with zero attached hydrogens (tertiary/aromatic N) is 2. The lowest BCUT2D eigenvalue weighted by atomic mass is 10.0. The number of aryl methyl sites for hydroxylation is 1. The van der Waals surface area contributed by atoms with Crippen molar-refractivity contribution in [2.24, 2.45) is 5.14 Å². The maximum Gasteiger partial charge on any atom is 0.143 e. The van der Waals surface area contributed by atoms with Crippen LogP contribution in [0.4, 0.5) is 5.82 Å². The van der Waals surface area contributed by atoms with E-state index in [0.717, 1.165) is 34.3 Å². The fraction of sp³-hybridized carbons (Fsp3) is 0.143. The van der Waals surface area contributed by atoms with Crippen LogP contribution in [0.3, 0.4) is 0 Å². The smallest absolute Gasteiger partial charge is 0.143 e. The van der Waals surface area contributed by atoms with Crippen LogP contribution in [0.2, 0.25) is 0 Å². The molecule has 2 aromatic heterocycles. The molecule has 1 aromatic carbocycles. The molecular formula is C14H15N5S. The van der Waals surface area contributed by atoms with E-state index in [-0.39, 0.29) is 0 Å². The van der Waals surface area contributed by atoms with Gasteiger partial charge in [-0.15, -0.1) is 0 Å². The molecule has 102 valence electrons. The SMILES string of the molecule is NSCCc1cccc(-c2c[nH]c3ncnc(N)c23)c1. The van der Waals surface area contributed by atoms with E-state index >= 15 is 0 Å². The first kappa shape index (κ1) is 13.0. The van der Waals surface area contributed by atoms with Gasteiger partial charge in [-0.3, -0.25) is 5.14 Å². The van der Waals surface area contributed by atoms with Gasteiger partial charge in [0.05, 0.1) is 5.39 Å². The van der Waals surface area contributed by atoms with Crippen LogP contribution in [0.1, 0.15) is 5.56 Å². The summed E-state index contributed by atoms with van der Waals surface area (Å²) in [5, 5.41) is 6.35. The van der Waals surface area contributed by atoms with E-state index < -0.39 is 0 Å². The first-order chi connectivity index (χ1) is 9.79. The van der Waals surface area contributed by atoms with E-state index in [4.69, 9.17) is 10.9 Å². The van der Waals surface area contributed by atoms with Crippen LogP contribution in [0, 0.1) is 0 Å². The Bertz CT molecular complexity index is 737. The maximum absolute atomic E-state index is 5.97. The van der Waals surface area contributed by atoms with Crippen LogP contribution in [0.15, 0.2) is 36.8 Å². The van der Waals surface area contributed by atoms with Gasteiger partial charge in [-0.1, -0.05) is 36.2 Å². The third kappa shape index (κ3) is 2.35. The fourth-order valence-corrected chi connectivity index (χ4v) is 2.64. The summed E-state index contributed by atoms with van der Waals surface area (Å²) in [4.78, 5) is 11.4. The van der Waals surface area contributed by atoms with E-state index in [9.17, 15) is 0 Å². The van der Waals surface area contributed by atoms with Crippen LogP contribution in [0.25, 0.3) is 22.2 Å². The molecule has 0 saturated heterocycles. The third-order valence-corrected chi connectivity index (χ3v) is 3.69. The Morgan fingerprint density at radius 3 is 3.00 bits per heavy atom. The first-order valence-electron chi connectivity index (χ1n) is 6.28. The summed E-state index contributed by atoms with van der Waals surface area (Å²) in [5.41, 5.74) is 10.1. The molecule has 0 aliphatic carbocycles. The topological polar surface area (TPSA) is 93.6 Å². The van der Waals surface area contributed by atoms with Crippen molar-refractivity contribution >= 4 is 28.8 Å². The number of nitrogens with two attached hydrogens (primary N) is 2. The molecule has 0 aliphatic heterocycles. The molecule has 20 heavy (non-hydrogen) atoms. The van der Waals surface area contributed by atoms with Crippen molar-refractivity contribution in [3.8, 4) is 11.1 Å². The van der Waals surface area contributed by atoms with Gasteiger partial charge in [-0.2, -0.15) is 0 Å². The number of fused-ring (bicyclic) bond motifs is 1. The van der Waals surface area contributed by atoms with E-state index in [1.54, 1.807) is 0 Å². The Kier molecular flexibility index (Phi) is 3.58. The number of rotatable bonds is 4. The minimum absolute atomic E-state index is 0.495. The van der Waals surface area contributed by atoms with Gasteiger partial charge >= 0.3 is 0 Å². The predicted molar refractivity (Wildman–Crippen MR) is 84.1 cm³/mol. The fourth-order valence-electron chi connectivity index (χ4n) is 2.29. The van der Waals surface area contributed by atoms with Crippen LogP contribution in [0.5, 0.6) is 0 Å². The number of nitrogens with one attached hydrogen (secondary N) is 1. The average molecular weight is 285 g/mol. The van der Waals surface area contributed by atoms with E-state index in [1.165, 1.54) is 23.8 Å². The second-order valence-electron chi connectivity index (χ2n) is 4.51. The van der Waals surface area contributed by atoms with Crippen LogP contribution >= 0.6 is 11.9 Å². The minimum Gasteiger partial charge on any atom is -0.383 e. The Balaban J connectivity index is 2.07. The van der Waals surface area contributed by atoms with Gasteiger partial charge in [0.2, 0.25) is 0 Å². The van der Waals surface area contributed by atoms with Crippen molar-refractivity contribution in [2.75, 3.05) is 11.5 Å². The molecule has 0 atom stereocenters. The molecule has 0 fully saturated rings. The van der Waals surface area contributed by atoms with Gasteiger partial charge in [-0.05, 0) is 17.5 Å². The van der Waals surface area contributed by atoms with E-state index in [1.807, 2.05) is 12.3 Å². The molecule has 0 radical (unpaired) electrons. The lowest BCUT2D eigenvalue weighted by molar-refractivity contribution is 1.16. The van der Waals surface area contributed by atoms with E-state index in [0.29, 0.717) is 5.82 Å². The molecule has 0 aliphatic rings. The molecule has 3 rings (SSSR count). The summed E-state index contributed by atoms with van der Waals surface area (Å²) >= 11 is 1.36. The minimum atomic E-state index is 0.495. The Morgan fingerprint density at radius 1 is 1.25 bits per heavy atom. The van der Waals surface area contributed by atoms with Crippen molar-refractivity contribution in [1.82, 2.24) is 15.0 Å². The summed E-state index contributed by atoms with van der Waals surface area (Å²) in [7, 11) is 0. The summed E-state index contributed by atoms with van der Waals surface area (Å²) in [5.74, 6) is 1.40. The summed E-state index contributed by atoms with van der Waals surface area (Å²) < 4.78 is 0. The van der Waals surface area contributed by atoms with Gasteiger partial charge in [0.15, 0.2) is 0 Å². The second-order valence-corrected chi connectivity index (χ2v) is 5.25. The second kappa shape index (κ2) is 5.52. The zero-order valence-corrected chi connectivity index (χ0v) is 11.7. The zero-order chi connectivity index (χ0) is 13.9. The molecule has 2 heterocycles. The highest BCUT2D eigenvalue weighted by atomic mass is 32.2. The summed E-state index contributed by atoms with van der Waals surface area (Å²) in [6.07, 6.45) is 4.34. The number of anilines is 1. The third-order valence-electron chi connectivity index (χ3n) is 3.25. The summed E-state index contributed by atoms with van der Waals surface area (Å²) in [6.45, 7) is 0. The number of hydrogen-bond acceptors (Lipinski definition) is 5. The molecule has 6 heteroatoms. The van der Waals surface area contributed by atoms with Gasteiger partial charge in [0.25, 0.3) is 0 Å². The maximum atomic E-state index is 5.97. The molecule has 0 bridgehead atoms. The molecule has 0 saturated carbocycles. The quantitative estimate of drug-likeness (QED) is 0.640. The Labute approximate surface area is 120 Å². The van der Waals surface area contributed by atoms with E-state index in [2.05, 4.69) is 33.2 Å². The average Bonchev–Trinajstić information content (AvgIpc) is 2.91. The standard InChI is InChI=1S/C14H15N5S/c15-13-12-11(7-17-14(12)19-8-18-13)10-3-1-2-9(6-10)4-5-20-16/h1-3,6-8H,4-5,16H2,(H3,15,17,18,19).